The van der Waals surface area contributed by atoms with Gasteiger partial charge in [-0.25, -0.2) is 0 Å². The zero-order valence-electron chi connectivity index (χ0n) is 15.1. The van der Waals surface area contributed by atoms with Crippen molar-refractivity contribution in [2.24, 2.45) is 0 Å². The number of nitro groups is 1. The van der Waals surface area contributed by atoms with E-state index < -0.39 is 10.8 Å². The van der Waals surface area contributed by atoms with Crippen LogP contribution < -0.4 is 10.6 Å². The number of nitro benzene ring substituents is 1. The summed E-state index contributed by atoms with van der Waals surface area (Å²) in [5.74, 6) is -0.478. The van der Waals surface area contributed by atoms with E-state index in [9.17, 15) is 19.7 Å². The van der Waals surface area contributed by atoms with Crippen LogP contribution in [0, 0.1) is 17.0 Å². The van der Waals surface area contributed by atoms with Gasteiger partial charge in [-0.1, -0.05) is 40.8 Å². The predicted molar refractivity (Wildman–Crippen MR) is 111 cm³/mol. The molecule has 1 heterocycles. The molecule has 0 unspecified atom stereocenters. The molecule has 0 spiro atoms. The lowest BCUT2D eigenvalue weighted by Crippen LogP contribution is -2.13. The third-order valence-electron chi connectivity index (χ3n) is 3.63. The molecule has 0 radical (unpaired) electrons. The molecule has 0 fully saturated rings. The summed E-state index contributed by atoms with van der Waals surface area (Å²) in [7, 11) is 0. The van der Waals surface area contributed by atoms with Gasteiger partial charge in [0.25, 0.3) is 11.6 Å². The molecule has 0 atom stereocenters. The molecule has 0 aliphatic rings. The molecule has 2 N–H and O–H groups in total. The zero-order valence-corrected chi connectivity index (χ0v) is 16.8. The lowest BCUT2D eigenvalue weighted by atomic mass is 10.2. The first kappa shape index (κ1) is 20.4. The molecular weight excluding hydrogens is 414 g/mol. The van der Waals surface area contributed by atoms with Crippen molar-refractivity contribution in [2.45, 2.75) is 11.3 Å². The highest BCUT2D eigenvalue weighted by Crippen LogP contribution is 2.26. The highest BCUT2D eigenvalue weighted by molar-refractivity contribution is 8.01. The van der Waals surface area contributed by atoms with Crippen LogP contribution in [-0.2, 0) is 4.79 Å². The molecule has 2 aromatic carbocycles. The number of nitrogens with one attached hydrogen (secondary N) is 2. The Morgan fingerprint density at radius 1 is 1.07 bits per heavy atom. The fraction of sp³-hybridized carbons (Fsp3) is 0.111. The summed E-state index contributed by atoms with van der Waals surface area (Å²) in [6.07, 6.45) is 0. The topological polar surface area (TPSA) is 127 Å². The lowest BCUT2D eigenvalue weighted by Gasteiger charge is -2.04. The van der Waals surface area contributed by atoms with Crippen LogP contribution in [0.2, 0.25) is 0 Å². The Morgan fingerprint density at radius 3 is 2.41 bits per heavy atom. The molecule has 0 aliphatic carbocycles. The molecule has 3 rings (SSSR count). The number of amides is 2. The van der Waals surface area contributed by atoms with E-state index >= 15 is 0 Å². The first-order chi connectivity index (χ1) is 13.9. The van der Waals surface area contributed by atoms with E-state index in [2.05, 4.69) is 20.8 Å². The van der Waals surface area contributed by atoms with E-state index in [0.29, 0.717) is 4.34 Å². The van der Waals surface area contributed by atoms with Gasteiger partial charge in [-0.15, -0.1) is 10.2 Å². The summed E-state index contributed by atoms with van der Waals surface area (Å²) in [5, 5.41) is 24.1. The van der Waals surface area contributed by atoms with E-state index in [1.54, 1.807) is 0 Å². The number of non-ortho nitro benzene ring substituents is 1. The van der Waals surface area contributed by atoms with Crippen molar-refractivity contribution in [3.63, 3.8) is 0 Å². The average molecular weight is 429 g/mol. The van der Waals surface area contributed by atoms with Crippen LogP contribution in [0.3, 0.4) is 0 Å². The van der Waals surface area contributed by atoms with Gasteiger partial charge in [0.1, 0.15) is 0 Å². The summed E-state index contributed by atoms with van der Waals surface area (Å²) in [4.78, 5) is 34.3. The number of rotatable bonds is 7. The number of carbonyl (C=O) groups is 2. The second-order valence-electron chi connectivity index (χ2n) is 5.83. The summed E-state index contributed by atoms with van der Waals surface area (Å²) in [6, 6.07) is 12.7. The van der Waals surface area contributed by atoms with Crippen molar-refractivity contribution in [1.82, 2.24) is 10.2 Å². The number of carbonyl (C=O) groups excluding carboxylic acids is 2. The van der Waals surface area contributed by atoms with Gasteiger partial charge in [0.2, 0.25) is 11.0 Å². The Kier molecular flexibility index (Phi) is 6.52. The highest BCUT2D eigenvalue weighted by Gasteiger charge is 2.13. The number of benzene rings is 2. The Hall–Kier alpha value is -3.31. The predicted octanol–water partition coefficient (Wildman–Crippen LogP) is 3.74. The smallest absolute Gasteiger partial charge is 0.269 e. The molecule has 1 aromatic heterocycles. The molecule has 0 aliphatic heterocycles. The summed E-state index contributed by atoms with van der Waals surface area (Å²) < 4.78 is 0.531. The van der Waals surface area contributed by atoms with Gasteiger partial charge in [0, 0.05) is 23.4 Å². The van der Waals surface area contributed by atoms with Gasteiger partial charge in [-0.2, -0.15) is 0 Å². The molecule has 9 nitrogen and oxygen atoms in total. The number of nitrogens with zero attached hydrogens (tertiary/aromatic N) is 3. The zero-order chi connectivity index (χ0) is 20.8. The second-order valence-corrected chi connectivity index (χ2v) is 8.03. The standard InChI is InChI=1S/C18H15N5O4S2/c1-11-2-6-13(7-3-11)19-15(24)10-28-18-22-21-17(29-18)20-16(25)12-4-8-14(9-5-12)23(26)27/h2-9H,10H2,1H3,(H,19,24)(H,20,21,25). The van der Waals surface area contributed by atoms with Crippen molar-refractivity contribution in [1.29, 1.82) is 0 Å². The van der Waals surface area contributed by atoms with Gasteiger partial charge in [-0.3, -0.25) is 25.0 Å². The van der Waals surface area contributed by atoms with E-state index in [1.165, 1.54) is 36.0 Å². The van der Waals surface area contributed by atoms with Crippen molar-refractivity contribution in [3.8, 4) is 0 Å². The Bertz CT molecular complexity index is 1040. The van der Waals surface area contributed by atoms with Gasteiger partial charge in [0.05, 0.1) is 10.7 Å². The third-order valence-corrected chi connectivity index (χ3v) is 5.60. The van der Waals surface area contributed by atoms with Crippen LogP contribution in [0.1, 0.15) is 15.9 Å². The molecule has 0 bridgehead atoms. The van der Waals surface area contributed by atoms with E-state index in [1.807, 2.05) is 31.2 Å². The Morgan fingerprint density at radius 2 is 1.76 bits per heavy atom. The second kappa shape index (κ2) is 9.26. The van der Waals surface area contributed by atoms with Crippen LogP contribution in [0.25, 0.3) is 0 Å². The van der Waals surface area contributed by atoms with E-state index in [-0.39, 0.29) is 28.0 Å². The Balaban J connectivity index is 1.51. The summed E-state index contributed by atoms with van der Waals surface area (Å²) >= 11 is 2.34. The number of aryl methyl sites for hydroxylation is 1. The number of hydrogen-bond donors (Lipinski definition) is 2. The fourth-order valence-electron chi connectivity index (χ4n) is 2.18. The van der Waals surface area contributed by atoms with E-state index in [0.717, 1.165) is 22.6 Å². The molecule has 148 valence electrons. The molecule has 0 saturated carbocycles. The normalized spacial score (nSPS) is 10.4. The van der Waals surface area contributed by atoms with Crippen LogP contribution in [-0.4, -0.2) is 32.7 Å². The molecule has 29 heavy (non-hydrogen) atoms. The molecular formula is C18H15N5O4S2. The quantitative estimate of drug-likeness (QED) is 0.253. The van der Waals surface area contributed by atoms with Gasteiger partial charge in [0.15, 0.2) is 4.34 Å². The maximum atomic E-state index is 12.2. The number of aromatic nitrogens is 2. The minimum atomic E-state index is -0.537. The maximum absolute atomic E-state index is 12.2. The first-order valence-electron chi connectivity index (χ1n) is 8.29. The molecule has 2 amide bonds. The number of hydrogen-bond acceptors (Lipinski definition) is 8. The summed E-state index contributed by atoms with van der Waals surface area (Å²) in [5.41, 5.74) is 1.99. The maximum Gasteiger partial charge on any atom is 0.269 e. The van der Waals surface area contributed by atoms with Gasteiger partial charge < -0.3 is 5.32 Å². The van der Waals surface area contributed by atoms with Crippen molar-refractivity contribution < 1.29 is 14.5 Å². The summed E-state index contributed by atoms with van der Waals surface area (Å²) in [6.45, 7) is 1.97. The van der Waals surface area contributed by atoms with Crippen molar-refractivity contribution in [3.05, 3.63) is 69.8 Å². The van der Waals surface area contributed by atoms with Gasteiger partial charge in [-0.05, 0) is 31.2 Å². The molecule has 0 saturated heterocycles. The number of anilines is 2. The highest BCUT2D eigenvalue weighted by atomic mass is 32.2. The monoisotopic (exact) mass is 429 g/mol. The minimum absolute atomic E-state index is 0.0972. The minimum Gasteiger partial charge on any atom is -0.325 e. The molecule has 3 aromatic rings. The lowest BCUT2D eigenvalue weighted by molar-refractivity contribution is -0.384. The van der Waals surface area contributed by atoms with E-state index in [4.69, 9.17) is 0 Å². The molecule has 11 heteroatoms. The van der Waals surface area contributed by atoms with Crippen molar-refractivity contribution >= 4 is 51.4 Å². The Labute approximate surface area is 173 Å². The SMILES string of the molecule is Cc1ccc(NC(=O)CSc2nnc(NC(=O)c3ccc([N+](=O)[O-])cc3)s2)cc1. The van der Waals surface area contributed by atoms with Crippen LogP contribution in [0.4, 0.5) is 16.5 Å². The largest absolute Gasteiger partial charge is 0.325 e. The first-order valence-corrected chi connectivity index (χ1v) is 10.1. The van der Waals surface area contributed by atoms with Crippen LogP contribution in [0.5, 0.6) is 0 Å². The third kappa shape index (κ3) is 5.83. The van der Waals surface area contributed by atoms with Crippen molar-refractivity contribution in [2.75, 3.05) is 16.4 Å². The fourth-order valence-corrected chi connectivity index (χ4v) is 3.73. The average Bonchev–Trinajstić information content (AvgIpc) is 3.15. The van der Waals surface area contributed by atoms with Crippen LogP contribution >= 0.6 is 23.1 Å². The number of thioether (sulfide) groups is 1. The van der Waals surface area contributed by atoms with Crippen LogP contribution in [0.15, 0.2) is 52.9 Å². The van der Waals surface area contributed by atoms with Gasteiger partial charge >= 0.3 is 0 Å².